The molecule has 1 atom stereocenters. The molecule has 0 radical (unpaired) electrons. The molecule has 1 fully saturated rings. The highest BCUT2D eigenvalue weighted by molar-refractivity contribution is 5.95. The molecule has 0 aliphatic carbocycles. The number of morpholine rings is 1. The van der Waals surface area contributed by atoms with Crippen molar-refractivity contribution in [1.82, 2.24) is 9.47 Å². The standard InChI is InChI=1S/C17H24N2O5/c1-11-12(2)24-15-8-14(17(21)22-3)19(16(11)15)10-13(20)9-18-4-6-23-7-5-18/h8,13,20H,4-7,9-10H2,1-3H3. The van der Waals surface area contributed by atoms with Gasteiger partial charge in [-0.2, -0.15) is 0 Å². The van der Waals surface area contributed by atoms with Gasteiger partial charge in [0.25, 0.3) is 0 Å². The summed E-state index contributed by atoms with van der Waals surface area (Å²) in [7, 11) is 1.35. The first-order valence-electron chi connectivity index (χ1n) is 8.17. The molecular weight excluding hydrogens is 312 g/mol. The zero-order chi connectivity index (χ0) is 17.3. The van der Waals surface area contributed by atoms with E-state index >= 15 is 0 Å². The Bertz CT molecular complexity index is 727. The average molecular weight is 336 g/mol. The Morgan fingerprint density at radius 1 is 1.33 bits per heavy atom. The number of carbonyl (C=O) groups is 1. The van der Waals surface area contributed by atoms with Crippen LogP contribution in [0.3, 0.4) is 0 Å². The molecule has 7 nitrogen and oxygen atoms in total. The van der Waals surface area contributed by atoms with Crippen LogP contribution in [0.4, 0.5) is 0 Å². The van der Waals surface area contributed by atoms with Gasteiger partial charge in [0.1, 0.15) is 11.5 Å². The third-order valence-electron chi connectivity index (χ3n) is 4.57. The van der Waals surface area contributed by atoms with Crippen LogP contribution < -0.4 is 0 Å². The van der Waals surface area contributed by atoms with Gasteiger partial charge in [-0.25, -0.2) is 4.79 Å². The van der Waals surface area contributed by atoms with E-state index in [4.69, 9.17) is 13.9 Å². The van der Waals surface area contributed by atoms with Crippen molar-refractivity contribution < 1.29 is 23.8 Å². The second kappa shape index (κ2) is 6.96. The number of aliphatic hydroxyl groups excluding tert-OH is 1. The number of esters is 1. The minimum absolute atomic E-state index is 0.311. The van der Waals surface area contributed by atoms with Crippen LogP contribution in [-0.4, -0.2) is 66.6 Å². The summed E-state index contributed by atoms with van der Waals surface area (Å²) in [5.74, 6) is 0.380. The van der Waals surface area contributed by atoms with Crippen molar-refractivity contribution in [3.05, 3.63) is 23.1 Å². The van der Waals surface area contributed by atoms with E-state index in [2.05, 4.69) is 4.90 Å². The topological polar surface area (TPSA) is 77.1 Å². The van der Waals surface area contributed by atoms with Crippen LogP contribution in [-0.2, 0) is 16.0 Å². The van der Waals surface area contributed by atoms with E-state index in [0.29, 0.717) is 37.6 Å². The van der Waals surface area contributed by atoms with Gasteiger partial charge in [-0.3, -0.25) is 4.90 Å². The van der Waals surface area contributed by atoms with Crippen molar-refractivity contribution in [3.63, 3.8) is 0 Å². The fraction of sp³-hybridized carbons (Fsp3) is 0.588. The van der Waals surface area contributed by atoms with Gasteiger partial charge in [0.15, 0.2) is 5.58 Å². The van der Waals surface area contributed by atoms with Crippen molar-refractivity contribution in [2.24, 2.45) is 0 Å². The normalized spacial score (nSPS) is 17.3. The van der Waals surface area contributed by atoms with Crippen molar-refractivity contribution in [1.29, 1.82) is 0 Å². The molecule has 2 aromatic heterocycles. The highest BCUT2D eigenvalue weighted by Gasteiger charge is 2.24. The molecule has 0 spiro atoms. The van der Waals surface area contributed by atoms with Crippen molar-refractivity contribution in [2.75, 3.05) is 40.0 Å². The molecule has 0 bridgehead atoms. The van der Waals surface area contributed by atoms with Crippen LogP contribution in [0.25, 0.3) is 11.1 Å². The van der Waals surface area contributed by atoms with E-state index in [0.717, 1.165) is 29.9 Å². The van der Waals surface area contributed by atoms with E-state index in [9.17, 15) is 9.90 Å². The summed E-state index contributed by atoms with van der Waals surface area (Å²) in [5, 5.41) is 10.5. The Morgan fingerprint density at radius 3 is 2.71 bits per heavy atom. The lowest BCUT2D eigenvalue weighted by Crippen LogP contribution is -2.42. The predicted octanol–water partition coefficient (Wildman–Crippen LogP) is 1.33. The summed E-state index contributed by atoms with van der Waals surface area (Å²) in [6, 6.07) is 1.68. The lowest BCUT2D eigenvalue weighted by atomic mass is 10.2. The lowest BCUT2D eigenvalue weighted by Gasteiger charge is -2.28. The number of furan rings is 1. The highest BCUT2D eigenvalue weighted by atomic mass is 16.5. The van der Waals surface area contributed by atoms with Gasteiger partial charge in [-0.15, -0.1) is 0 Å². The molecule has 3 rings (SSSR count). The molecule has 0 saturated carbocycles. The first-order valence-corrected chi connectivity index (χ1v) is 8.17. The number of aliphatic hydroxyl groups is 1. The number of β-amino-alcohol motifs (C(OH)–C–C–N with tert-alkyl or cyclic N) is 1. The van der Waals surface area contributed by atoms with Crippen LogP contribution in [0.15, 0.2) is 10.5 Å². The number of carbonyl (C=O) groups excluding carboxylic acids is 1. The van der Waals surface area contributed by atoms with Crippen LogP contribution in [0.2, 0.25) is 0 Å². The number of hydrogen-bond acceptors (Lipinski definition) is 6. The Morgan fingerprint density at radius 2 is 2.04 bits per heavy atom. The molecule has 2 aromatic rings. The molecule has 24 heavy (non-hydrogen) atoms. The van der Waals surface area contributed by atoms with E-state index in [1.807, 2.05) is 13.8 Å². The molecule has 132 valence electrons. The minimum Gasteiger partial charge on any atom is -0.464 e. The summed E-state index contributed by atoms with van der Waals surface area (Å²) < 4.78 is 17.7. The molecule has 1 unspecified atom stereocenters. The second-order valence-corrected chi connectivity index (χ2v) is 6.19. The number of ether oxygens (including phenoxy) is 2. The van der Waals surface area contributed by atoms with Crippen LogP contribution in [0, 0.1) is 13.8 Å². The van der Waals surface area contributed by atoms with E-state index < -0.39 is 12.1 Å². The summed E-state index contributed by atoms with van der Waals surface area (Å²) in [4.78, 5) is 14.2. The van der Waals surface area contributed by atoms with E-state index in [-0.39, 0.29) is 0 Å². The maximum atomic E-state index is 12.1. The van der Waals surface area contributed by atoms with E-state index in [1.54, 1.807) is 10.6 Å². The summed E-state index contributed by atoms with van der Waals surface area (Å²) in [6.07, 6.45) is -0.600. The summed E-state index contributed by atoms with van der Waals surface area (Å²) >= 11 is 0. The van der Waals surface area contributed by atoms with Gasteiger partial charge in [-0.1, -0.05) is 0 Å². The zero-order valence-corrected chi connectivity index (χ0v) is 14.4. The maximum Gasteiger partial charge on any atom is 0.354 e. The summed E-state index contributed by atoms with van der Waals surface area (Å²) in [6.45, 7) is 7.69. The van der Waals surface area contributed by atoms with Crippen LogP contribution in [0.5, 0.6) is 0 Å². The lowest BCUT2D eigenvalue weighted by molar-refractivity contribution is 0.0115. The van der Waals surface area contributed by atoms with Crippen LogP contribution >= 0.6 is 0 Å². The molecule has 1 aliphatic rings. The fourth-order valence-electron chi connectivity index (χ4n) is 3.21. The van der Waals surface area contributed by atoms with Gasteiger partial charge in [0.2, 0.25) is 0 Å². The van der Waals surface area contributed by atoms with Gasteiger partial charge in [0, 0.05) is 31.3 Å². The number of fused-ring (bicyclic) bond motifs is 1. The summed E-state index contributed by atoms with van der Waals surface area (Å²) in [5.41, 5.74) is 2.85. The first kappa shape index (κ1) is 17.0. The Labute approximate surface area is 140 Å². The van der Waals surface area contributed by atoms with E-state index in [1.165, 1.54) is 7.11 Å². The molecule has 1 aliphatic heterocycles. The van der Waals surface area contributed by atoms with Gasteiger partial charge < -0.3 is 23.6 Å². The quantitative estimate of drug-likeness (QED) is 0.830. The minimum atomic E-state index is -0.600. The molecule has 0 amide bonds. The van der Waals surface area contributed by atoms with Gasteiger partial charge >= 0.3 is 5.97 Å². The zero-order valence-electron chi connectivity index (χ0n) is 14.4. The average Bonchev–Trinajstić information content (AvgIpc) is 3.05. The monoisotopic (exact) mass is 336 g/mol. The largest absolute Gasteiger partial charge is 0.464 e. The third-order valence-corrected chi connectivity index (χ3v) is 4.57. The second-order valence-electron chi connectivity index (χ2n) is 6.19. The molecular formula is C17H24N2O5. The Balaban J connectivity index is 1.86. The highest BCUT2D eigenvalue weighted by Crippen LogP contribution is 2.29. The smallest absolute Gasteiger partial charge is 0.354 e. The molecule has 7 heteroatoms. The number of aryl methyl sites for hydroxylation is 2. The molecule has 1 N–H and O–H groups in total. The number of aromatic nitrogens is 1. The maximum absolute atomic E-state index is 12.1. The van der Waals surface area contributed by atoms with Crippen molar-refractivity contribution in [3.8, 4) is 0 Å². The molecule has 1 saturated heterocycles. The SMILES string of the molecule is COC(=O)c1cc2oc(C)c(C)c2n1CC(O)CN1CCOCC1. The number of hydrogen-bond donors (Lipinski definition) is 1. The third kappa shape index (κ3) is 3.19. The molecule has 0 aromatic carbocycles. The Kier molecular flexibility index (Phi) is 4.93. The van der Waals surface area contributed by atoms with Crippen molar-refractivity contribution >= 4 is 17.1 Å². The number of rotatable bonds is 5. The van der Waals surface area contributed by atoms with Crippen molar-refractivity contribution in [2.45, 2.75) is 26.5 Å². The Hall–Kier alpha value is -1.83. The van der Waals surface area contributed by atoms with Gasteiger partial charge in [-0.05, 0) is 13.8 Å². The predicted molar refractivity (Wildman–Crippen MR) is 88.3 cm³/mol. The fourth-order valence-corrected chi connectivity index (χ4v) is 3.21. The first-order chi connectivity index (χ1) is 11.5. The number of nitrogens with zero attached hydrogens (tertiary/aromatic N) is 2. The van der Waals surface area contributed by atoms with Gasteiger partial charge in [0.05, 0.1) is 38.5 Å². The van der Waals surface area contributed by atoms with Crippen LogP contribution in [0.1, 0.15) is 21.8 Å². The molecule has 3 heterocycles. The number of methoxy groups -OCH3 is 1.